The SMILES string of the molecule is Brc1ccc(Nc2ccc(-c3ccc4c(ccc5c6ccccc6ccc45)c3)cc2)cc1. The Bertz CT molecular complexity index is 1580. The molecular weight excluding hydrogens is 454 g/mol. The van der Waals surface area contributed by atoms with E-state index in [4.69, 9.17) is 0 Å². The van der Waals surface area contributed by atoms with E-state index in [0.29, 0.717) is 0 Å². The quantitative estimate of drug-likeness (QED) is 0.252. The molecule has 1 N–H and O–H groups in total. The normalized spacial score (nSPS) is 11.3. The lowest BCUT2D eigenvalue weighted by Gasteiger charge is -2.10. The van der Waals surface area contributed by atoms with Crippen LogP contribution in [0.1, 0.15) is 0 Å². The summed E-state index contributed by atoms with van der Waals surface area (Å²) < 4.78 is 1.08. The fourth-order valence-electron chi connectivity index (χ4n) is 4.45. The van der Waals surface area contributed by atoms with E-state index in [1.165, 1.54) is 43.4 Å². The third-order valence-corrected chi connectivity index (χ3v) is 6.62. The largest absolute Gasteiger partial charge is 0.356 e. The number of fused-ring (bicyclic) bond motifs is 5. The van der Waals surface area contributed by atoms with Gasteiger partial charge in [-0.05, 0) is 85.9 Å². The van der Waals surface area contributed by atoms with Gasteiger partial charge in [-0.1, -0.05) is 88.7 Å². The van der Waals surface area contributed by atoms with Gasteiger partial charge in [0.05, 0.1) is 0 Å². The smallest absolute Gasteiger partial charge is 0.0384 e. The van der Waals surface area contributed by atoms with Crippen LogP contribution in [0.4, 0.5) is 11.4 Å². The highest BCUT2D eigenvalue weighted by Crippen LogP contribution is 2.33. The van der Waals surface area contributed by atoms with Gasteiger partial charge in [-0.2, -0.15) is 0 Å². The van der Waals surface area contributed by atoms with Crippen LogP contribution in [-0.2, 0) is 0 Å². The van der Waals surface area contributed by atoms with Gasteiger partial charge in [-0.25, -0.2) is 0 Å². The van der Waals surface area contributed by atoms with Crippen molar-refractivity contribution in [3.63, 3.8) is 0 Å². The second-order valence-corrected chi connectivity index (χ2v) is 9.01. The third kappa shape index (κ3) is 3.43. The van der Waals surface area contributed by atoms with Crippen molar-refractivity contribution in [1.29, 1.82) is 0 Å². The zero-order chi connectivity index (χ0) is 21.5. The first-order chi connectivity index (χ1) is 15.7. The molecule has 0 aromatic heterocycles. The Labute approximate surface area is 195 Å². The monoisotopic (exact) mass is 473 g/mol. The number of halogens is 1. The molecule has 0 saturated carbocycles. The lowest BCUT2D eigenvalue weighted by Crippen LogP contribution is -1.89. The topological polar surface area (TPSA) is 12.0 Å². The number of rotatable bonds is 3. The van der Waals surface area contributed by atoms with Gasteiger partial charge in [0.2, 0.25) is 0 Å². The maximum atomic E-state index is 3.48. The van der Waals surface area contributed by atoms with Crippen molar-refractivity contribution in [3.8, 4) is 11.1 Å². The van der Waals surface area contributed by atoms with Crippen LogP contribution in [0.15, 0.2) is 120 Å². The average molecular weight is 474 g/mol. The maximum absolute atomic E-state index is 3.48. The second-order valence-electron chi connectivity index (χ2n) is 8.09. The predicted octanol–water partition coefficient (Wildman–Crippen LogP) is 9.32. The van der Waals surface area contributed by atoms with Crippen LogP contribution in [0.3, 0.4) is 0 Å². The molecular formula is C30H20BrN. The Morgan fingerprint density at radius 2 is 1.00 bits per heavy atom. The molecule has 152 valence electrons. The Kier molecular flexibility index (Phi) is 4.66. The molecule has 0 fully saturated rings. The van der Waals surface area contributed by atoms with Crippen LogP contribution in [0, 0.1) is 0 Å². The molecule has 6 aromatic carbocycles. The van der Waals surface area contributed by atoms with Crippen molar-refractivity contribution in [1.82, 2.24) is 0 Å². The summed E-state index contributed by atoms with van der Waals surface area (Å²) in [7, 11) is 0. The highest BCUT2D eigenvalue weighted by molar-refractivity contribution is 9.10. The molecule has 32 heavy (non-hydrogen) atoms. The average Bonchev–Trinajstić information content (AvgIpc) is 2.85. The lowest BCUT2D eigenvalue weighted by molar-refractivity contribution is 1.53. The Morgan fingerprint density at radius 3 is 1.75 bits per heavy atom. The molecule has 1 nitrogen and oxygen atoms in total. The van der Waals surface area contributed by atoms with Gasteiger partial charge in [0.25, 0.3) is 0 Å². The first kappa shape index (κ1) is 19.1. The molecule has 0 spiro atoms. The van der Waals surface area contributed by atoms with Gasteiger partial charge in [0, 0.05) is 15.8 Å². The van der Waals surface area contributed by atoms with E-state index in [9.17, 15) is 0 Å². The fraction of sp³-hybridized carbons (Fsp3) is 0. The Hall–Kier alpha value is -3.62. The third-order valence-electron chi connectivity index (χ3n) is 6.09. The zero-order valence-corrected chi connectivity index (χ0v) is 18.9. The maximum Gasteiger partial charge on any atom is 0.0384 e. The summed E-state index contributed by atoms with van der Waals surface area (Å²) in [4.78, 5) is 0. The fourth-order valence-corrected chi connectivity index (χ4v) is 4.72. The summed E-state index contributed by atoms with van der Waals surface area (Å²) in [5, 5.41) is 11.2. The number of hydrogen-bond donors (Lipinski definition) is 1. The minimum Gasteiger partial charge on any atom is -0.356 e. The van der Waals surface area contributed by atoms with Crippen LogP contribution in [0.2, 0.25) is 0 Å². The molecule has 0 aliphatic rings. The summed E-state index contributed by atoms with van der Waals surface area (Å²) >= 11 is 3.48. The molecule has 0 aliphatic carbocycles. The van der Waals surface area contributed by atoms with Crippen molar-refractivity contribution in [3.05, 3.63) is 120 Å². The van der Waals surface area contributed by atoms with E-state index in [0.717, 1.165) is 15.8 Å². The number of benzene rings is 6. The number of nitrogens with one attached hydrogen (secondary N) is 1. The van der Waals surface area contributed by atoms with Crippen LogP contribution in [0.25, 0.3) is 43.4 Å². The summed E-state index contributed by atoms with van der Waals surface area (Å²) in [5.74, 6) is 0. The van der Waals surface area contributed by atoms with Gasteiger partial charge >= 0.3 is 0 Å². The molecule has 0 unspecified atom stereocenters. The van der Waals surface area contributed by atoms with E-state index in [-0.39, 0.29) is 0 Å². The van der Waals surface area contributed by atoms with Gasteiger partial charge < -0.3 is 5.32 Å². The predicted molar refractivity (Wildman–Crippen MR) is 142 cm³/mol. The minimum atomic E-state index is 1.08. The second kappa shape index (κ2) is 7.81. The summed E-state index contributed by atoms with van der Waals surface area (Å²) in [6, 6.07) is 41.2. The number of anilines is 2. The summed E-state index contributed by atoms with van der Waals surface area (Å²) in [6.45, 7) is 0. The Balaban J connectivity index is 1.35. The van der Waals surface area contributed by atoms with Crippen LogP contribution in [-0.4, -0.2) is 0 Å². The van der Waals surface area contributed by atoms with Crippen molar-refractivity contribution < 1.29 is 0 Å². The van der Waals surface area contributed by atoms with E-state index in [1.807, 2.05) is 12.1 Å². The van der Waals surface area contributed by atoms with Crippen LogP contribution < -0.4 is 5.32 Å². The molecule has 0 saturated heterocycles. The van der Waals surface area contributed by atoms with Gasteiger partial charge in [0.15, 0.2) is 0 Å². The zero-order valence-electron chi connectivity index (χ0n) is 17.3. The molecule has 6 rings (SSSR count). The molecule has 0 bridgehead atoms. The van der Waals surface area contributed by atoms with Crippen LogP contribution >= 0.6 is 15.9 Å². The van der Waals surface area contributed by atoms with Gasteiger partial charge in [0.1, 0.15) is 0 Å². The van der Waals surface area contributed by atoms with Crippen molar-refractivity contribution >= 4 is 59.6 Å². The summed E-state index contributed by atoms with van der Waals surface area (Å²) in [5.41, 5.74) is 4.60. The van der Waals surface area contributed by atoms with Crippen molar-refractivity contribution in [2.75, 3.05) is 5.32 Å². The minimum absolute atomic E-state index is 1.08. The molecule has 2 heteroatoms. The van der Waals surface area contributed by atoms with E-state index in [2.05, 4.69) is 124 Å². The number of hydrogen-bond acceptors (Lipinski definition) is 1. The first-order valence-corrected chi connectivity index (χ1v) is 11.5. The molecule has 0 heterocycles. The Morgan fingerprint density at radius 1 is 0.438 bits per heavy atom. The van der Waals surface area contributed by atoms with Gasteiger partial charge in [-0.15, -0.1) is 0 Å². The standard InChI is InChI=1S/C30H20BrN/c31-24-10-14-26(15-11-24)32-25-12-5-20(6-13-25)22-8-16-28-23(19-22)9-18-29-27-4-2-1-3-21(27)7-17-30(28)29/h1-19,32H. The highest BCUT2D eigenvalue weighted by Gasteiger charge is 2.06. The van der Waals surface area contributed by atoms with E-state index in [1.54, 1.807) is 0 Å². The molecule has 0 atom stereocenters. The van der Waals surface area contributed by atoms with Gasteiger partial charge in [-0.3, -0.25) is 0 Å². The van der Waals surface area contributed by atoms with Crippen LogP contribution in [0.5, 0.6) is 0 Å². The van der Waals surface area contributed by atoms with E-state index < -0.39 is 0 Å². The first-order valence-electron chi connectivity index (χ1n) is 10.7. The molecule has 0 aliphatic heterocycles. The summed E-state index contributed by atoms with van der Waals surface area (Å²) in [6.07, 6.45) is 0. The molecule has 0 radical (unpaired) electrons. The molecule has 0 amide bonds. The van der Waals surface area contributed by atoms with Crippen molar-refractivity contribution in [2.45, 2.75) is 0 Å². The van der Waals surface area contributed by atoms with Crippen molar-refractivity contribution in [2.24, 2.45) is 0 Å². The highest BCUT2D eigenvalue weighted by atomic mass is 79.9. The molecule has 6 aromatic rings. The van der Waals surface area contributed by atoms with E-state index >= 15 is 0 Å². The lowest BCUT2D eigenvalue weighted by atomic mass is 9.95.